The number of H-pyrrole nitrogens is 1. The van der Waals surface area contributed by atoms with E-state index in [1.807, 2.05) is 59.7 Å². The zero-order chi connectivity index (χ0) is 37.3. The lowest BCUT2D eigenvalue weighted by Gasteiger charge is -2.32. The van der Waals surface area contributed by atoms with Crippen molar-refractivity contribution in [3.8, 4) is 5.75 Å². The molecule has 0 fully saturated rings. The molecule has 3 rings (SSSR count). The molecule has 0 saturated heterocycles. The number of nitrogens with one attached hydrogen (secondary N) is 5. The third-order valence-corrected chi connectivity index (χ3v) is 8.86. The molecule has 0 aliphatic heterocycles. The van der Waals surface area contributed by atoms with Gasteiger partial charge in [-0.05, 0) is 54.9 Å². The minimum atomic E-state index is -1.10. The van der Waals surface area contributed by atoms with E-state index in [2.05, 4.69) is 36.2 Å². The number of carbonyl (C=O) groups is 4. The van der Waals surface area contributed by atoms with E-state index >= 15 is 0 Å². The van der Waals surface area contributed by atoms with Crippen molar-refractivity contribution >= 4 is 23.6 Å². The lowest BCUT2D eigenvalue weighted by Crippen LogP contribution is -2.55. The molecule has 4 amide bonds. The van der Waals surface area contributed by atoms with Gasteiger partial charge in [-0.2, -0.15) is 0 Å². The number of aromatic nitrogens is 3. The van der Waals surface area contributed by atoms with E-state index in [1.165, 1.54) is 6.33 Å². The van der Waals surface area contributed by atoms with Crippen molar-refractivity contribution < 1.29 is 29.0 Å². The lowest BCUT2D eigenvalue weighted by atomic mass is 9.85. The standard InChI is InChI=1S/C38H55N7O6/c1-7-26(6)35(38(50)41-21-27-13-11-12-16-40-27)45-36(48)30(25(4)5)19-33(46)31(17-24(2)3)44-37(49)32(18-28-20-39-23-42-28)43-34(47)22-51-29-14-9-8-10-15-29/h8-16,20,23-26,30-33,35,46H,7,17-19,21-22H2,1-6H3,(H,39,42)(H,41,50)(H,43,47)(H,44,49)(H,45,48)/t26-,30+,31?,32-,33-,35-/m0/s1. The number of para-hydroxylation sites is 1. The van der Waals surface area contributed by atoms with Gasteiger partial charge in [0.1, 0.15) is 17.8 Å². The van der Waals surface area contributed by atoms with Crippen molar-refractivity contribution in [3.05, 3.63) is 78.6 Å². The van der Waals surface area contributed by atoms with E-state index in [0.717, 1.165) is 0 Å². The molecule has 0 spiro atoms. The van der Waals surface area contributed by atoms with E-state index in [9.17, 15) is 24.3 Å². The molecule has 0 aliphatic rings. The molecule has 6 N–H and O–H groups in total. The maximum absolute atomic E-state index is 13.8. The number of imidazole rings is 1. The molecule has 0 saturated carbocycles. The molecule has 13 heteroatoms. The number of ether oxygens (including phenoxy) is 1. The van der Waals surface area contributed by atoms with Gasteiger partial charge in [0.2, 0.25) is 17.7 Å². The van der Waals surface area contributed by atoms with Gasteiger partial charge in [-0.1, -0.05) is 72.2 Å². The highest BCUT2D eigenvalue weighted by Crippen LogP contribution is 2.23. The Morgan fingerprint density at radius 3 is 2.22 bits per heavy atom. The first-order chi connectivity index (χ1) is 24.4. The second kappa shape index (κ2) is 20.8. The summed E-state index contributed by atoms with van der Waals surface area (Å²) in [6, 6.07) is 11.8. The van der Waals surface area contributed by atoms with Crippen molar-refractivity contribution in [1.82, 2.24) is 36.2 Å². The van der Waals surface area contributed by atoms with Crippen LogP contribution in [0.2, 0.25) is 0 Å². The normalized spacial score (nSPS) is 14.8. The monoisotopic (exact) mass is 705 g/mol. The predicted molar refractivity (Wildman–Crippen MR) is 194 cm³/mol. The molecule has 0 aliphatic carbocycles. The zero-order valence-electron chi connectivity index (χ0n) is 30.6. The zero-order valence-corrected chi connectivity index (χ0v) is 30.6. The van der Waals surface area contributed by atoms with Crippen LogP contribution in [0.25, 0.3) is 0 Å². The van der Waals surface area contributed by atoms with Gasteiger partial charge in [0.25, 0.3) is 5.91 Å². The SMILES string of the molecule is CC[C@H](C)[C@H](NC(=O)[C@H](C[C@H](O)C(CC(C)C)NC(=O)[C@H](Cc1cnc[nH]1)NC(=O)COc1ccccc1)C(C)C)C(=O)NCc1ccccn1. The van der Waals surface area contributed by atoms with Crippen molar-refractivity contribution in [3.63, 3.8) is 0 Å². The van der Waals surface area contributed by atoms with Crippen LogP contribution < -0.4 is 26.0 Å². The Hall–Kier alpha value is -4.78. The summed E-state index contributed by atoms with van der Waals surface area (Å²) in [5, 5.41) is 23.2. The molecule has 2 aromatic heterocycles. The summed E-state index contributed by atoms with van der Waals surface area (Å²) in [6.07, 6.45) is 4.88. The number of carbonyl (C=O) groups excluding carboxylic acids is 4. The van der Waals surface area contributed by atoms with Crippen LogP contribution in [0, 0.1) is 23.7 Å². The number of nitrogens with zero attached hydrogens (tertiary/aromatic N) is 2. The summed E-state index contributed by atoms with van der Waals surface area (Å²) in [4.78, 5) is 65.0. The van der Waals surface area contributed by atoms with Crippen LogP contribution in [0.1, 0.15) is 72.2 Å². The van der Waals surface area contributed by atoms with Crippen LogP contribution in [0.5, 0.6) is 5.75 Å². The van der Waals surface area contributed by atoms with Gasteiger partial charge in [-0.3, -0.25) is 24.2 Å². The summed E-state index contributed by atoms with van der Waals surface area (Å²) in [6.45, 7) is 11.5. The summed E-state index contributed by atoms with van der Waals surface area (Å²) in [5.41, 5.74) is 1.34. The van der Waals surface area contributed by atoms with Gasteiger partial charge in [0.15, 0.2) is 6.61 Å². The van der Waals surface area contributed by atoms with Gasteiger partial charge >= 0.3 is 0 Å². The van der Waals surface area contributed by atoms with Gasteiger partial charge < -0.3 is 36.1 Å². The molecule has 6 atom stereocenters. The Labute approximate surface area is 301 Å². The second-order valence-corrected chi connectivity index (χ2v) is 13.8. The molecule has 51 heavy (non-hydrogen) atoms. The highest BCUT2D eigenvalue weighted by molar-refractivity contribution is 5.89. The van der Waals surface area contributed by atoms with E-state index in [0.29, 0.717) is 30.0 Å². The number of aliphatic hydroxyl groups is 1. The fraction of sp³-hybridized carbons (Fsp3) is 0.526. The molecule has 1 unspecified atom stereocenters. The Bertz CT molecular complexity index is 1490. The number of pyridine rings is 1. The number of benzene rings is 1. The summed E-state index contributed by atoms with van der Waals surface area (Å²) in [7, 11) is 0. The summed E-state index contributed by atoms with van der Waals surface area (Å²) < 4.78 is 5.57. The number of amides is 4. The van der Waals surface area contributed by atoms with E-state index in [-0.39, 0.29) is 55.6 Å². The van der Waals surface area contributed by atoms with Gasteiger partial charge in [0, 0.05) is 30.4 Å². The van der Waals surface area contributed by atoms with Crippen LogP contribution in [0.15, 0.2) is 67.3 Å². The van der Waals surface area contributed by atoms with Crippen LogP contribution in [0.3, 0.4) is 0 Å². The minimum Gasteiger partial charge on any atom is -0.484 e. The maximum atomic E-state index is 13.8. The van der Waals surface area contributed by atoms with Crippen molar-refractivity contribution in [2.45, 2.75) is 98.0 Å². The van der Waals surface area contributed by atoms with E-state index in [4.69, 9.17) is 4.74 Å². The van der Waals surface area contributed by atoms with Gasteiger partial charge in [0.05, 0.1) is 30.7 Å². The van der Waals surface area contributed by atoms with Crippen molar-refractivity contribution in [2.24, 2.45) is 23.7 Å². The smallest absolute Gasteiger partial charge is 0.258 e. The van der Waals surface area contributed by atoms with E-state index in [1.54, 1.807) is 42.7 Å². The summed E-state index contributed by atoms with van der Waals surface area (Å²) >= 11 is 0. The molecule has 0 bridgehead atoms. The number of hydrogen-bond donors (Lipinski definition) is 6. The highest BCUT2D eigenvalue weighted by atomic mass is 16.5. The predicted octanol–water partition coefficient (Wildman–Crippen LogP) is 3.31. The Balaban J connectivity index is 1.71. The molecule has 278 valence electrons. The molecule has 2 heterocycles. The fourth-order valence-corrected chi connectivity index (χ4v) is 5.69. The summed E-state index contributed by atoms with van der Waals surface area (Å²) in [5.74, 6) is -2.01. The average Bonchev–Trinajstić information content (AvgIpc) is 3.63. The fourth-order valence-electron chi connectivity index (χ4n) is 5.69. The first kappa shape index (κ1) is 40.6. The Morgan fingerprint density at radius 1 is 0.882 bits per heavy atom. The van der Waals surface area contributed by atoms with Crippen LogP contribution >= 0.6 is 0 Å². The molecule has 1 aromatic carbocycles. The number of aliphatic hydroxyl groups excluding tert-OH is 1. The number of aromatic amines is 1. The second-order valence-electron chi connectivity index (χ2n) is 13.8. The number of hydrogen-bond acceptors (Lipinski definition) is 8. The average molecular weight is 706 g/mol. The minimum absolute atomic E-state index is 0.0481. The first-order valence-corrected chi connectivity index (χ1v) is 17.8. The van der Waals surface area contributed by atoms with Crippen LogP contribution in [-0.2, 0) is 32.1 Å². The third-order valence-electron chi connectivity index (χ3n) is 8.86. The number of rotatable bonds is 21. The molecular formula is C38H55N7O6. The third kappa shape index (κ3) is 13.8. The van der Waals surface area contributed by atoms with Crippen molar-refractivity contribution in [1.29, 1.82) is 0 Å². The van der Waals surface area contributed by atoms with Gasteiger partial charge in [-0.25, -0.2) is 4.98 Å². The van der Waals surface area contributed by atoms with Crippen LogP contribution in [-0.4, -0.2) is 74.5 Å². The molecule has 3 aromatic rings. The maximum Gasteiger partial charge on any atom is 0.258 e. The van der Waals surface area contributed by atoms with Crippen LogP contribution in [0.4, 0.5) is 0 Å². The topological polar surface area (TPSA) is 187 Å². The first-order valence-electron chi connectivity index (χ1n) is 17.8. The van der Waals surface area contributed by atoms with E-state index < -0.39 is 42.0 Å². The highest BCUT2D eigenvalue weighted by Gasteiger charge is 2.35. The molecular weight excluding hydrogens is 650 g/mol. The molecule has 13 nitrogen and oxygen atoms in total. The van der Waals surface area contributed by atoms with Crippen molar-refractivity contribution in [2.75, 3.05) is 6.61 Å². The Morgan fingerprint density at radius 2 is 1.61 bits per heavy atom. The Kier molecular flexibility index (Phi) is 16.6. The lowest BCUT2D eigenvalue weighted by molar-refractivity contribution is -0.134. The van der Waals surface area contributed by atoms with Gasteiger partial charge in [-0.15, -0.1) is 0 Å². The quantitative estimate of drug-likeness (QED) is 0.0974. The molecule has 0 radical (unpaired) electrons. The largest absolute Gasteiger partial charge is 0.484 e.